The van der Waals surface area contributed by atoms with Gasteiger partial charge < -0.3 is 13.9 Å². The number of methoxy groups -OCH3 is 1. The van der Waals surface area contributed by atoms with Crippen LogP contribution in [0.25, 0.3) is 0 Å². The van der Waals surface area contributed by atoms with Crippen LogP contribution in [-0.4, -0.2) is 23.5 Å². The lowest BCUT2D eigenvalue weighted by molar-refractivity contribution is 0.276. The van der Waals surface area contributed by atoms with E-state index in [2.05, 4.69) is 19.6 Å². The third kappa shape index (κ3) is 5.99. The lowest BCUT2D eigenvalue weighted by Crippen LogP contribution is -2.35. The number of rotatable bonds is 7. The van der Waals surface area contributed by atoms with Crippen LogP contribution < -0.4 is 13.9 Å². The summed E-state index contributed by atoms with van der Waals surface area (Å²) in [6, 6.07) is 7.77. The predicted octanol–water partition coefficient (Wildman–Crippen LogP) is 8.52. The van der Waals surface area contributed by atoms with E-state index in [9.17, 15) is 0 Å². The predicted molar refractivity (Wildman–Crippen MR) is 130 cm³/mol. The van der Waals surface area contributed by atoms with Gasteiger partial charge in [-0.15, -0.1) is 0 Å². The van der Waals surface area contributed by atoms with Crippen LogP contribution >= 0.6 is 46.4 Å². The van der Waals surface area contributed by atoms with Crippen LogP contribution in [0.4, 0.5) is 0 Å². The van der Waals surface area contributed by atoms with Crippen molar-refractivity contribution in [1.29, 1.82) is 0 Å². The van der Waals surface area contributed by atoms with Gasteiger partial charge in [0.1, 0.15) is 37.3 Å². The maximum Gasteiger partial charge on any atom is 0.242 e. The van der Waals surface area contributed by atoms with Gasteiger partial charge in [-0.25, -0.2) is 0 Å². The lowest BCUT2D eigenvalue weighted by Gasteiger charge is -2.31. The minimum atomic E-state index is -1.98. The molecule has 0 aliphatic heterocycles. The third-order valence-electron chi connectivity index (χ3n) is 4.03. The molecule has 0 bridgehead atoms. The molecule has 0 saturated carbocycles. The van der Waals surface area contributed by atoms with E-state index in [1.165, 1.54) is 0 Å². The standard InChI is InChI=1S/C20H26Cl4O3Si2/c1-25-13-10-8-12(9-11-13)20(28(2,3)4)26-18-14(21)16(23)19(17(24)15(18)22)27-29(5,6)7/h8-11,20H,1-7H3. The summed E-state index contributed by atoms with van der Waals surface area (Å²) in [5, 5.41) is 0.822. The second-order valence-electron chi connectivity index (χ2n) is 8.77. The first kappa shape index (κ1) is 24.7. The Bertz CT molecular complexity index is 846. The molecule has 1 atom stereocenters. The Morgan fingerprint density at radius 2 is 1.17 bits per heavy atom. The number of ether oxygens (including phenoxy) is 2. The maximum absolute atomic E-state index is 6.56. The summed E-state index contributed by atoms with van der Waals surface area (Å²) in [6.07, 6.45) is 0. The molecule has 0 N–H and O–H groups in total. The Morgan fingerprint density at radius 3 is 1.55 bits per heavy atom. The summed E-state index contributed by atoms with van der Waals surface area (Å²) in [7, 11) is -2.21. The lowest BCUT2D eigenvalue weighted by atomic mass is 10.2. The average Bonchev–Trinajstić information content (AvgIpc) is 2.62. The molecule has 3 nitrogen and oxygen atoms in total. The average molecular weight is 512 g/mol. The Balaban J connectivity index is 2.54. The number of hydrogen-bond donors (Lipinski definition) is 0. The van der Waals surface area contributed by atoms with Gasteiger partial charge in [-0.3, -0.25) is 0 Å². The Morgan fingerprint density at radius 1 is 0.724 bits per heavy atom. The zero-order valence-electron chi connectivity index (χ0n) is 17.6. The van der Waals surface area contributed by atoms with Crippen molar-refractivity contribution < 1.29 is 13.9 Å². The fourth-order valence-corrected chi connectivity index (χ4v) is 6.33. The van der Waals surface area contributed by atoms with E-state index in [1.807, 2.05) is 43.9 Å². The van der Waals surface area contributed by atoms with Crippen molar-refractivity contribution in [2.75, 3.05) is 7.11 Å². The van der Waals surface area contributed by atoms with Gasteiger partial charge in [-0.2, -0.15) is 0 Å². The van der Waals surface area contributed by atoms with Gasteiger partial charge in [-0.1, -0.05) is 78.2 Å². The van der Waals surface area contributed by atoms with Crippen molar-refractivity contribution in [3.05, 3.63) is 49.9 Å². The molecule has 160 valence electrons. The van der Waals surface area contributed by atoms with Crippen molar-refractivity contribution in [2.24, 2.45) is 0 Å². The van der Waals surface area contributed by atoms with Crippen molar-refractivity contribution in [3.8, 4) is 17.2 Å². The van der Waals surface area contributed by atoms with E-state index >= 15 is 0 Å². The van der Waals surface area contributed by atoms with Gasteiger partial charge >= 0.3 is 0 Å². The zero-order valence-corrected chi connectivity index (χ0v) is 22.6. The van der Waals surface area contributed by atoms with E-state index in [0.29, 0.717) is 5.75 Å². The number of hydrogen-bond acceptors (Lipinski definition) is 3. The maximum atomic E-state index is 6.56. The molecule has 9 heteroatoms. The molecule has 0 radical (unpaired) electrons. The summed E-state index contributed by atoms with van der Waals surface area (Å²) in [6.45, 7) is 12.7. The molecule has 0 fully saturated rings. The molecule has 0 spiro atoms. The molecule has 0 amide bonds. The van der Waals surface area contributed by atoms with Crippen LogP contribution in [0.2, 0.25) is 59.4 Å². The molecule has 0 aliphatic rings. The second kappa shape index (κ2) is 9.29. The Kier molecular flexibility index (Phi) is 7.91. The second-order valence-corrected chi connectivity index (χ2v) is 20.0. The van der Waals surface area contributed by atoms with Crippen LogP contribution in [0.3, 0.4) is 0 Å². The fraction of sp³-hybridized carbons (Fsp3) is 0.400. The Hall–Kier alpha value is -0.566. The largest absolute Gasteiger partial charge is 0.542 e. The smallest absolute Gasteiger partial charge is 0.242 e. The summed E-state index contributed by atoms with van der Waals surface area (Å²) < 4.78 is 17.7. The van der Waals surface area contributed by atoms with E-state index < -0.39 is 16.4 Å². The van der Waals surface area contributed by atoms with Crippen molar-refractivity contribution in [3.63, 3.8) is 0 Å². The summed E-state index contributed by atoms with van der Waals surface area (Å²) in [5.74, 6) is 1.36. The molecule has 2 rings (SSSR count). The molecule has 0 aromatic heterocycles. The van der Waals surface area contributed by atoms with Crippen LogP contribution in [0, 0.1) is 0 Å². The van der Waals surface area contributed by atoms with Gasteiger partial charge in [-0.05, 0) is 37.3 Å². The van der Waals surface area contributed by atoms with E-state index in [1.54, 1.807) is 7.11 Å². The van der Waals surface area contributed by atoms with Crippen molar-refractivity contribution >= 4 is 62.8 Å². The highest BCUT2D eigenvalue weighted by Crippen LogP contribution is 2.52. The minimum absolute atomic E-state index is 0.200. The molecular weight excluding hydrogens is 486 g/mol. The number of benzene rings is 2. The highest BCUT2D eigenvalue weighted by Gasteiger charge is 2.34. The molecule has 0 heterocycles. The minimum Gasteiger partial charge on any atom is -0.542 e. The van der Waals surface area contributed by atoms with Crippen molar-refractivity contribution in [2.45, 2.75) is 45.0 Å². The first-order valence-electron chi connectivity index (χ1n) is 9.12. The van der Waals surface area contributed by atoms with Crippen LogP contribution in [0.15, 0.2) is 24.3 Å². The first-order valence-corrected chi connectivity index (χ1v) is 17.6. The van der Waals surface area contributed by atoms with Crippen LogP contribution in [-0.2, 0) is 0 Å². The molecule has 2 aromatic rings. The topological polar surface area (TPSA) is 27.7 Å². The first-order chi connectivity index (χ1) is 13.3. The van der Waals surface area contributed by atoms with Gasteiger partial charge in [0.2, 0.25) is 8.32 Å². The highest BCUT2D eigenvalue weighted by molar-refractivity contribution is 6.77. The zero-order chi connectivity index (χ0) is 22.1. The van der Waals surface area contributed by atoms with Crippen LogP contribution in [0.1, 0.15) is 11.3 Å². The molecule has 0 saturated heterocycles. The van der Waals surface area contributed by atoms with E-state index in [-0.39, 0.29) is 31.6 Å². The quantitative estimate of drug-likeness (QED) is 0.275. The van der Waals surface area contributed by atoms with Gasteiger partial charge in [0, 0.05) is 0 Å². The van der Waals surface area contributed by atoms with Crippen LogP contribution in [0.5, 0.6) is 17.2 Å². The Labute approximate surface area is 195 Å². The van der Waals surface area contributed by atoms with E-state index in [4.69, 9.17) is 60.3 Å². The molecule has 1 unspecified atom stereocenters. The summed E-state index contributed by atoms with van der Waals surface area (Å²) in [5.41, 5.74) is 0.783. The number of halogens is 4. The molecule has 2 aromatic carbocycles. The highest BCUT2D eigenvalue weighted by atomic mass is 35.5. The third-order valence-corrected chi connectivity index (χ3v) is 8.51. The molecule has 0 aliphatic carbocycles. The fourth-order valence-electron chi connectivity index (χ4n) is 2.73. The van der Waals surface area contributed by atoms with Gasteiger partial charge in [0.15, 0.2) is 5.75 Å². The summed E-state index contributed by atoms with van der Waals surface area (Å²) in [4.78, 5) is 0. The van der Waals surface area contributed by atoms with Gasteiger partial charge in [0.05, 0.1) is 15.2 Å². The van der Waals surface area contributed by atoms with E-state index in [0.717, 1.165) is 11.3 Å². The normalized spacial score (nSPS) is 13.2. The van der Waals surface area contributed by atoms with Gasteiger partial charge in [0.25, 0.3) is 0 Å². The summed E-state index contributed by atoms with van der Waals surface area (Å²) >= 11 is 26.1. The molecular formula is C20H26Cl4O3Si2. The molecule has 29 heavy (non-hydrogen) atoms. The monoisotopic (exact) mass is 510 g/mol. The SMILES string of the molecule is COc1ccc(C(Oc2c(Cl)c(Cl)c(O[Si](C)(C)C)c(Cl)c2Cl)[Si](C)(C)C)cc1. The van der Waals surface area contributed by atoms with Crippen molar-refractivity contribution in [1.82, 2.24) is 0 Å².